The number of para-hydroxylation sites is 1. The number of hydrogen-bond donors (Lipinski definition) is 2. The predicted molar refractivity (Wildman–Crippen MR) is 104 cm³/mol. The highest BCUT2D eigenvalue weighted by Gasteiger charge is 2.12. The molecule has 0 atom stereocenters. The monoisotopic (exact) mass is 368 g/mol. The zero-order valence-electron chi connectivity index (χ0n) is 16.0. The largest absolute Gasteiger partial charge is 0.483 e. The molecular weight excluding hydrogens is 344 g/mol. The topological polar surface area (TPSA) is 84.5 Å². The fraction of sp³-hybridized carbons (Fsp3) is 0.286. The van der Waals surface area contributed by atoms with E-state index in [0.717, 1.165) is 22.4 Å². The Kier molecular flexibility index (Phi) is 6.71. The first-order valence-electron chi connectivity index (χ1n) is 8.65. The van der Waals surface area contributed by atoms with Gasteiger partial charge in [-0.15, -0.1) is 0 Å². The van der Waals surface area contributed by atoms with Gasteiger partial charge in [0.2, 0.25) is 5.91 Å². The molecule has 0 aliphatic carbocycles. The van der Waals surface area contributed by atoms with Crippen LogP contribution in [-0.4, -0.2) is 30.7 Å². The van der Waals surface area contributed by atoms with E-state index in [-0.39, 0.29) is 24.8 Å². The van der Waals surface area contributed by atoms with Gasteiger partial charge in [-0.3, -0.25) is 14.4 Å². The van der Waals surface area contributed by atoms with Crippen molar-refractivity contribution < 1.29 is 19.1 Å². The number of hydrogen-bond acceptors (Lipinski definition) is 4. The molecule has 6 heteroatoms. The van der Waals surface area contributed by atoms with E-state index in [2.05, 4.69) is 10.6 Å². The predicted octanol–water partition coefficient (Wildman–Crippen LogP) is 2.95. The molecule has 0 saturated heterocycles. The van der Waals surface area contributed by atoms with Gasteiger partial charge in [0.05, 0.1) is 12.1 Å². The average molecular weight is 368 g/mol. The molecule has 0 aliphatic rings. The Morgan fingerprint density at radius 3 is 2.22 bits per heavy atom. The summed E-state index contributed by atoms with van der Waals surface area (Å²) in [6.07, 6.45) is 0. The van der Waals surface area contributed by atoms with E-state index in [0.29, 0.717) is 11.3 Å². The summed E-state index contributed by atoms with van der Waals surface area (Å²) in [5.41, 5.74) is 4.23. The van der Waals surface area contributed by atoms with Gasteiger partial charge in [-0.1, -0.05) is 29.8 Å². The van der Waals surface area contributed by atoms with Crippen LogP contribution in [0.3, 0.4) is 0 Å². The Hall–Kier alpha value is -3.15. The molecule has 0 spiro atoms. The Labute approximate surface area is 158 Å². The summed E-state index contributed by atoms with van der Waals surface area (Å²) < 4.78 is 5.40. The van der Waals surface area contributed by atoms with E-state index in [1.807, 2.05) is 32.9 Å². The number of Topliss-reactive ketones (excluding diaryl/α,β-unsaturated/α-hetero) is 1. The lowest BCUT2D eigenvalue weighted by Gasteiger charge is -2.13. The Morgan fingerprint density at radius 2 is 1.59 bits per heavy atom. The highest BCUT2D eigenvalue weighted by Crippen LogP contribution is 2.21. The van der Waals surface area contributed by atoms with E-state index >= 15 is 0 Å². The molecule has 0 aliphatic heterocycles. The van der Waals surface area contributed by atoms with E-state index < -0.39 is 5.91 Å². The SMILES string of the molecule is CC(=O)c1ccccc1OCC(=O)NCC(=O)Nc1c(C)cc(C)cc1C. The maximum atomic E-state index is 12.1. The maximum Gasteiger partial charge on any atom is 0.258 e. The zero-order valence-corrected chi connectivity index (χ0v) is 16.0. The first-order chi connectivity index (χ1) is 12.8. The molecule has 0 saturated carbocycles. The van der Waals surface area contributed by atoms with Gasteiger partial charge in [0.15, 0.2) is 12.4 Å². The van der Waals surface area contributed by atoms with Crippen LogP contribution < -0.4 is 15.4 Å². The molecule has 27 heavy (non-hydrogen) atoms. The number of carbonyl (C=O) groups excluding carboxylic acids is 3. The summed E-state index contributed by atoms with van der Waals surface area (Å²) in [5.74, 6) is -0.562. The Bertz CT molecular complexity index is 851. The van der Waals surface area contributed by atoms with Crippen molar-refractivity contribution in [3.05, 3.63) is 58.7 Å². The van der Waals surface area contributed by atoms with E-state index in [9.17, 15) is 14.4 Å². The first kappa shape index (κ1) is 20.2. The lowest BCUT2D eigenvalue weighted by molar-refractivity contribution is -0.125. The molecule has 0 radical (unpaired) electrons. The summed E-state index contributed by atoms with van der Waals surface area (Å²) in [6, 6.07) is 10.7. The van der Waals surface area contributed by atoms with Crippen LogP contribution in [0.25, 0.3) is 0 Å². The molecule has 2 amide bonds. The standard InChI is InChI=1S/C21H24N2O4/c1-13-9-14(2)21(15(3)10-13)23-19(25)11-22-20(26)12-27-18-8-6-5-7-17(18)16(4)24/h5-10H,11-12H2,1-4H3,(H,22,26)(H,23,25). The summed E-state index contributed by atoms with van der Waals surface area (Å²) in [4.78, 5) is 35.6. The number of ketones is 1. The molecule has 142 valence electrons. The second-order valence-corrected chi connectivity index (χ2v) is 6.44. The normalized spacial score (nSPS) is 10.2. The molecule has 0 aromatic heterocycles. The smallest absolute Gasteiger partial charge is 0.258 e. The van der Waals surface area contributed by atoms with Crippen LogP contribution in [0.15, 0.2) is 36.4 Å². The number of aryl methyl sites for hydroxylation is 3. The molecule has 0 unspecified atom stereocenters. The van der Waals surface area contributed by atoms with Gasteiger partial charge in [0.1, 0.15) is 5.75 Å². The number of amides is 2. The number of ether oxygens (including phenoxy) is 1. The third kappa shape index (κ3) is 5.67. The molecule has 2 aromatic rings. The number of rotatable bonds is 7. The van der Waals surface area contributed by atoms with Crippen molar-refractivity contribution in [3.8, 4) is 5.75 Å². The minimum Gasteiger partial charge on any atom is -0.483 e. The minimum atomic E-state index is -0.444. The van der Waals surface area contributed by atoms with Gasteiger partial charge in [0.25, 0.3) is 5.91 Å². The van der Waals surface area contributed by atoms with Crippen LogP contribution in [0.1, 0.15) is 34.0 Å². The molecule has 2 rings (SSSR count). The minimum absolute atomic E-state index is 0.144. The van der Waals surface area contributed by atoms with Crippen molar-refractivity contribution in [1.82, 2.24) is 5.32 Å². The van der Waals surface area contributed by atoms with Crippen LogP contribution in [0.2, 0.25) is 0 Å². The Morgan fingerprint density at radius 1 is 0.963 bits per heavy atom. The van der Waals surface area contributed by atoms with Crippen LogP contribution in [0.4, 0.5) is 5.69 Å². The van der Waals surface area contributed by atoms with Crippen molar-refractivity contribution in [3.63, 3.8) is 0 Å². The number of nitrogens with one attached hydrogen (secondary N) is 2. The van der Waals surface area contributed by atoms with Gasteiger partial charge in [-0.2, -0.15) is 0 Å². The highest BCUT2D eigenvalue weighted by atomic mass is 16.5. The lowest BCUT2D eigenvalue weighted by atomic mass is 10.1. The van der Waals surface area contributed by atoms with Crippen LogP contribution in [0.5, 0.6) is 5.75 Å². The molecule has 0 bridgehead atoms. The molecule has 6 nitrogen and oxygen atoms in total. The molecule has 2 aromatic carbocycles. The second kappa shape index (κ2) is 8.98. The van der Waals surface area contributed by atoms with Crippen molar-refractivity contribution in [2.24, 2.45) is 0 Å². The van der Waals surface area contributed by atoms with Crippen molar-refractivity contribution in [1.29, 1.82) is 0 Å². The van der Waals surface area contributed by atoms with Gasteiger partial charge >= 0.3 is 0 Å². The van der Waals surface area contributed by atoms with E-state index in [1.165, 1.54) is 6.92 Å². The molecular formula is C21H24N2O4. The van der Waals surface area contributed by atoms with Crippen LogP contribution >= 0.6 is 0 Å². The van der Waals surface area contributed by atoms with Crippen LogP contribution in [0, 0.1) is 20.8 Å². The number of anilines is 1. The Balaban J connectivity index is 1.86. The highest BCUT2D eigenvalue weighted by molar-refractivity contribution is 5.97. The lowest BCUT2D eigenvalue weighted by Crippen LogP contribution is -2.36. The summed E-state index contributed by atoms with van der Waals surface area (Å²) in [5, 5.41) is 5.33. The quantitative estimate of drug-likeness (QED) is 0.736. The zero-order chi connectivity index (χ0) is 20.0. The maximum absolute atomic E-state index is 12.1. The fourth-order valence-corrected chi connectivity index (χ4v) is 2.82. The van der Waals surface area contributed by atoms with Gasteiger partial charge in [-0.05, 0) is 51.0 Å². The summed E-state index contributed by atoms with van der Waals surface area (Å²) in [7, 11) is 0. The van der Waals surface area contributed by atoms with Crippen molar-refractivity contribution in [2.75, 3.05) is 18.5 Å². The third-order valence-corrected chi connectivity index (χ3v) is 4.01. The van der Waals surface area contributed by atoms with Gasteiger partial charge in [-0.25, -0.2) is 0 Å². The third-order valence-electron chi connectivity index (χ3n) is 4.01. The van der Waals surface area contributed by atoms with E-state index in [1.54, 1.807) is 24.3 Å². The average Bonchev–Trinajstić information content (AvgIpc) is 2.61. The summed E-state index contributed by atoms with van der Waals surface area (Å²) >= 11 is 0. The molecule has 2 N–H and O–H groups in total. The van der Waals surface area contributed by atoms with Gasteiger partial charge < -0.3 is 15.4 Å². The first-order valence-corrected chi connectivity index (χ1v) is 8.65. The summed E-state index contributed by atoms with van der Waals surface area (Å²) in [6.45, 7) is 6.84. The second-order valence-electron chi connectivity index (χ2n) is 6.44. The van der Waals surface area contributed by atoms with Crippen molar-refractivity contribution >= 4 is 23.3 Å². The fourth-order valence-electron chi connectivity index (χ4n) is 2.82. The number of carbonyl (C=O) groups is 3. The molecule has 0 heterocycles. The van der Waals surface area contributed by atoms with Crippen LogP contribution in [-0.2, 0) is 9.59 Å². The van der Waals surface area contributed by atoms with Crippen molar-refractivity contribution in [2.45, 2.75) is 27.7 Å². The van der Waals surface area contributed by atoms with Gasteiger partial charge in [0, 0.05) is 5.69 Å². The van der Waals surface area contributed by atoms with E-state index in [4.69, 9.17) is 4.74 Å². The molecule has 0 fully saturated rings. The number of benzene rings is 2.